The monoisotopic (exact) mass is 645 g/mol. The van der Waals surface area contributed by atoms with Crippen LogP contribution in [0.4, 0.5) is 19.2 Å². The van der Waals surface area contributed by atoms with Gasteiger partial charge in [0.25, 0.3) is 0 Å². The van der Waals surface area contributed by atoms with Gasteiger partial charge >= 0.3 is 30.3 Å². The smallest absolute Gasteiger partial charge is 0.412 e. The number of carboxylic acids is 1. The summed E-state index contributed by atoms with van der Waals surface area (Å²) >= 11 is 0. The second-order valence-corrected chi connectivity index (χ2v) is 9.42. The minimum Gasteiger partial charge on any atom is -0.481 e. The van der Waals surface area contributed by atoms with Crippen molar-refractivity contribution in [3.63, 3.8) is 0 Å². The molecule has 0 aromatic carbocycles. The van der Waals surface area contributed by atoms with Crippen molar-refractivity contribution in [2.75, 3.05) is 52.4 Å². The van der Waals surface area contributed by atoms with Gasteiger partial charge in [0.2, 0.25) is 11.8 Å². The van der Waals surface area contributed by atoms with Crippen molar-refractivity contribution in [1.82, 2.24) is 24.9 Å². The third-order valence-electron chi connectivity index (χ3n) is 6.21. The summed E-state index contributed by atoms with van der Waals surface area (Å²) in [7, 11) is 0. The van der Waals surface area contributed by atoms with Crippen LogP contribution in [0.15, 0.2) is 11.4 Å². The molecule has 0 aliphatic rings. The van der Waals surface area contributed by atoms with Gasteiger partial charge in [0, 0.05) is 51.6 Å². The van der Waals surface area contributed by atoms with E-state index in [9.17, 15) is 63.6 Å². The molecule has 0 heterocycles. The Hall–Kier alpha value is -5.81. The Morgan fingerprint density at radius 3 is 1.58 bits per heavy atom. The average Bonchev–Trinajstić information content (AvgIpc) is 2.94. The topological polar surface area (TPSA) is 332 Å². The molecule has 0 rings (SSSR count). The van der Waals surface area contributed by atoms with Crippen molar-refractivity contribution < 1.29 is 68.7 Å². The summed E-state index contributed by atoms with van der Waals surface area (Å²) in [6, 6.07) is 0. The molecule has 21 heteroatoms. The largest absolute Gasteiger partial charge is 0.481 e. The predicted octanol–water partition coefficient (Wildman–Crippen LogP) is -1.99. The van der Waals surface area contributed by atoms with E-state index in [0.717, 1.165) is 0 Å². The molecule has 0 aromatic heterocycles. The lowest BCUT2D eigenvalue weighted by molar-refractivity contribution is -0.143. The van der Waals surface area contributed by atoms with Crippen molar-refractivity contribution in [2.24, 2.45) is 23.3 Å². The number of primary amides is 2. The van der Waals surface area contributed by atoms with Crippen LogP contribution in [0, 0.1) is 11.8 Å². The molecule has 0 bridgehead atoms. The molecule has 0 saturated heterocycles. The van der Waals surface area contributed by atoms with Crippen LogP contribution in [0.25, 0.3) is 0 Å². The number of hydrogen-bond acceptors (Lipinski definition) is 10. The lowest BCUT2D eigenvalue weighted by Gasteiger charge is -2.28. The third-order valence-corrected chi connectivity index (χ3v) is 6.21. The number of amides is 6. The first-order chi connectivity index (χ1) is 20.9. The summed E-state index contributed by atoms with van der Waals surface area (Å²) in [5.74, 6) is -2.48. The Balaban J connectivity index is 5.51. The SMILES string of the molecule is CC(CCN(C(=O)O)C(=C=O)CN(CCN(CCN(CC(=C=O)NCC(CC(N)=O)C(=O)O)C(=O)O)C(=O)O)C(=O)O)C(N)=O. The fraction of sp³-hybridized carbons (Fsp3) is 0.542. The Kier molecular flexibility index (Phi) is 16.9. The molecular formula is C24H35N7O14. The van der Waals surface area contributed by atoms with Crippen LogP contribution in [0.2, 0.25) is 0 Å². The van der Waals surface area contributed by atoms with Gasteiger partial charge in [-0.3, -0.25) is 29.1 Å². The molecule has 6 amide bonds. The van der Waals surface area contributed by atoms with E-state index < -0.39 is 124 Å². The van der Waals surface area contributed by atoms with Crippen molar-refractivity contribution in [1.29, 1.82) is 0 Å². The fourth-order valence-electron chi connectivity index (χ4n) is 3.49. The van der Waals surface area contributed by atoms with E-state index in [2.05, 4.69) is 5.32 Å². The first kappa shape index (κ1) is 39.2. The number of nitrogens with one attached hydrogen (secondary N) is 1. The van der Waals surface area contributed by atoms with E-state index >= 15 is 0 Å². The van der Waals surface area contributed by atoms with Gasteiger partial charge in [0.1, 0.15) is 23.3 Å². The van der Waals surface area contributed by atoms with Gasteiger partial charge in [-0.05, 0) is 6.42 Å². The van der Waals surface area contributed by atoms with E-state index in [1.165, 1.54) is 18.8 Å². The molecule has 2 unspecified atom stereocenters. The molecule has 0 aliphatic heterocycles. The maximum atomic E-state index is 11.8. The molecule has 2 atom stereocenters. The second kappa shape index (κ2) is 19.4. The van der Waals surface area contributed by atoms with Gasteiger partial charge in [0.05, 0.1) is 19.0 Å². The molecule has 0 radical (unpaired) electrons. The van der Waals surface area contributed by atoms with Crippen LogP contribution < -0.4 is 16.8 Å². The highest BCUT2D eigenvalue weighted by molar-refractivity contribution is 5.81. The molecule has 21 nitrogen and oxygen atoms in total. The lowest BCUT2D eigenvalue weighted by atomic mass is 10.1. The van der Waals surface area contributed by atoms with Gasteiger partial charge in [-0.15, -0.1) is 0 Å². The quantitative estimate of drug-likeness (QED) is 0.0627. The zero-order chi connectivity index (χ0) is 34.9. The fourth-order valence-corrected chi connectivity index (χ4v) is 3.49. The summed E-state index contributed by atoms with van der Waals surface area (Å²) in [6.07, 6.45) is -7.22. The van der Waals surface area contributed by atoms with Crippen LogP contribution in [-0.2, 0) is 24.0 Å². The number of nitrogens with zero attached hydrogens (tertiary/aromatic N) is 4. The molecule has 0 fully saturated rings. The highest BCUT2D eigenvalue weighted by atomic mass is 16.4. The molecule has 0 aromatic rings. The summed E-state index contributed by atoms with van der Waals surface area (Å²) in [5.41, 5.74) is 9.04. The van der Waals surface area contributed by atoms with Gasteiger partial charge in [-0.2, -0.15) is 0 Å². The van der Waals surface area contributed by atoms with Crippen molar-refractivity contribution in [3.05, 3.63) is 11.4 Å². The van der Waals surface area contributed by atoms with Crippen molar-refractivity contribution in [3.8, 4) is 0 Å². The van der Waals surface area contributed by atoms with E-state index in [1.54, 1.807) is 0 Å². The zero-order valence-corrected chi connectivity index (χ0v) is 24.1. The Bertz CT molecular complexity index is 1230. The summed E-state index contributed by atoms with van der Waals surface area (Å²) in [5, 5.41) is 49.6. The van der Waals surface area contributed by atoms with E-state index in [4.69, 9.17) is 16.6 Å². The lowest BCUT2D eigenvalue weighted by Crippen LogP contribution is -2.46. The number of rotatable bonds is 21. The van der Waals surface area contributed by atoms with Crippen LogP contribution in [-0.4, -0.2) is 152 Å². The van der Waals surface area contributed by atoms with Crippen molar-refractivity contribution in [2.45, 2.75) is 19.8 Å². The standard InChI is InChI=1S/C24H35N7O14/c1-14(19(26)35)2-3-31(24(44)45)17(13-33)11-30(23(42)43)7-5-28(21(38)39)4-6-29(22(40)41)10-16(12-32)27-9-15(20(36)37)8-18(25)34/h14-15,27H,2-11H2,1H3,(H2,25,34)(H2,26,35)(H,36,37)(H,38,39)(H,40,41)(H,42,43)(H,44,45). The maximum Gasteiger partial charge on any atom is 0.412 e. The Labute approximate surface area is 254 Å². The summed E-state index contributed by atoms with van der Waals surface area (Å²) in [4.78, 5) is 106. The van der Waals surface area contributed by atoms with E-state index in [0.29, 0.717) is 19.6 Å². The Morgan fingerprint density at radius 1 is 0.711 bits per heavy atom. The van der Waals surface area contributed by atoms with Crippen LogP contribution >= 0.6 is 0 Å². The molecule has 0 spiro atoms. The predicted molar refractivity (Wildman–Crippen MR) is 148 cm³/mol. The average molecular weight is 646 g/mol. The second-order valence-electron chi connectivity index (χ2n) is 9.42. The molecule has 45 heavy (non-hydrogen) atoms. The number of nitrogens with two attached hydrogens (primary N) is 2. The van der Waals surface area contributed by atoms with Crippen LogP contribution in [0.3, 0.4) is 0 Å². The van der Waals surface area contributed by atoms with Gasteiger partial charge in [-0.25, -0.2) is 28.8 Å². The zero-order valence-electron chi connectivity index (χ0n) is 24.1. The molecule has 0 aliphatic carbocycles. The minimum atomic E-state index is -1.67. The summed E-state index contributed by atoms with van der Waals surface area (Å²) < 4.78 is 0. The first-order valence-corrected chi connectivity index (χ1v) is 12.9. The van der Waals surface area contributed by atoms with Crippen molar-refractivity contribution >= 4 is 54.0 Å². The normalized spacial score (nSPS) is 11.4. The van der Waals surface area contributed by atoms with Crippen LogP contribution in [0.5, 0.6) is 0 Å². The van der Waals surface area contributed by atoms with Gasteiger partial charge < -0.3 is 47.2 Å². The number of aliphatic carboxylic acids is 1. The van der Waals surface area contributed by atoms with E-state index in [-0.39, 0.29) is 6.42 Å². The number of carboxylic acid groups (broad SMARTS) is 5. The summed E-state index contributed by atoms with van der Waals surface area (Å²) in [6.45, 7) is -3.30. The van der Waals surface area contributed by atoms with E-state index in [1.807, 2.05) is 0 Å². The first-order valence-electron chi connectivity index (χ1n) is 12.9. The number of carbonyl (C=O) groups excluding carboxylic acids is 4. The minimum absolute atomic E-state index is 0.100. The number of carbonyl (C=O) groups is 7. The molecule has 250 valence electrons. The Morgan fingerprint density at radius 2 is 1.20 bits per heavy atom. The van der Waals surface area contributed by atoms with Gasteiger partial charge in [0.15, 0.2) is 0 Å². The molecule has 10 N–H and O–H groups in total. The maximum absolute atomic E-state index is 11.8. The third kappa shape index (κ3) is 14.8. The molecular weight excluding hydrogens is 610 g/mol. The molecule has 0 saturated carbocycles. The number of hydrogen-bond donors (Lipinski definition) is 8. The highest BCUT2D eigenvalue weighted by Gasteiger charge is 2.26. The van der Waals surface area contributed by atoms with Gasteiger partial charge in [-0.1, -0.05) is 6.92 Å². The van der Waals surface area contributed by atoms with Crippen LogP contribution in [0.1, 0.15) is 19.8 Å². The highest BCUT2D eigenvalue weighted by Crippen LogP contribution is 2.11.